The van der Waals surface area contributed by atoms with Crippen LogP contribution in [0.1, 0.15) is 33.4 Å². The molecule has 144 valence electrons. The highest BCUT2D eigenvalue weighted by Gasteiger charge is 2.26. The third kappa shape index (κ3) is 3.88. The Balaban J connectivity index is 1.43. The summed E-state index contributed by atoms with van der Waals surface area (Å²) in [6, 6.07) is 15.2. The second kappa shape index (κ2) is 8.04. The first-order chi connectivity index (χ1) is 13.6. The average molecular weight is 398 g/mol. The molecule has 4 rings (SSSR count). The lowest BCUT2D eigenvalue weighted by molar-refractivity contribution is 0.00255. The standard InChI is InChI=1S/C21H20ClN3O3/c1-27-17-7-5-15(6-8-17)19-11-25-13-24-20(18(25)12-28-19)21(26)23-10-14-3-2-4-16(22)9-14/h2-9,13,19H,10-12H2,1H3,(H,23,26)/t19-/m1/s1. The van der Waals surface area contributed by atoms with Crippen LogP contribution < -0.4 is 10.1 Å². The molecule has 2 aromatic carbocycles. The Labute approximate surface area is 168 Å². The highest BCUT2D eigenvalue weighted by atomic mass is 35.5. The van der Waals surface area contributed by atoms with Crippen LogP contribution >= 0.6 is 11.6 Å². The lowest BCUT2D eigenvalue weighted by Crippen LogP contribution is -2.27. The zero-order chi connectivity index (χ0) is 19.5. The zero-order valence-electron chi connectivity index (χ0n) is 15.4. The van der Waals surface area contributed by atoms with Gasteiger partial charge in [0.15, 0.2) is 5.69 Å². The highest BCUT2D eigenvalue weighted by Crippen LogP contribution is 2.28. The van der Waals surface area contributed by atoms with Crippen LogP contribution in [0.3, 0.4) is 0 Å². The summed E-state index contributed by atoms with van der Waals surface area (Å²) in [6.45, 7) is 1.33. The van der Waals surface area contributed by atoms with E-state index in [2.05, 4.69) is 10.3 Å². The number of carbonyl (C=O) groups excluding carboxylic acids is 1. The van der Waals surface area contributed by atoms with Gasteiger partial charge in [0.1, 0.15) is 11.9 Å². The number of hydrogen-bond acceptors (Lipinski definition) is 4. The molecule has 1 atom stereocenters. The van der Waals surface area contributed by atoms with Crippen molar-refractivity contribution in [3.05, 3.63) is 82.4 Å². The van der Waals surface area contributed by atoms with Gasteiger partial charge in [-0.3, -0.25) is 4.79 Å². The number of amides is 1. The number of halogens is 1. The fourth-order valence-corrected chi connectivity index (χ4v) is 3.46. The van der Waals surface area contributed by atoms with E-state index in [4.69, 9.17) is 21.1 Å². The van der Waals surface area contributed by atoms with Crippen LogP contribution in [-0.4, -0.2) is 22.6 Å². The molecule has 0 radical (unpaired) electrons. The Morgan fingerprint density at radius 3 is 2.89 bits per heavy atom. The molecule has 1 aliphatic heterocycles. The van der Waals surface area contributed by atoms with Crippen molar-refractivity contribution in [1.29, 1.82) is 0 Å². The molecule has 0 unspecified atom stereocenters. The van der Waals surface area contributed by atoms with Crippen LogP contribution in [0.4, 0.5) is 0 Å². The molecule has 0 bridgehead atoms. The van der Waals surface area contributed by atoms with Crippen molar-refractivity contribution < 1.29 is 14.3 Å². The molecule has 1 aliphatic rings. The second-order valence-corrected chi connectivity index (χ2v) is 7.01. The van der Waals surface area contributed by atoms with E-state index in [0.29, 0.717) is 30.4 Å². The molecule has 0 spiro atoms. The minimum absolute atomic E-state index is 0.0880. The molecule has 0 aliphatic carbocycles. The van der Waals surface area contributed by atoms with Gasteiger partial charge in [-0.2, -0.15) is 0 Å². The van der Waals surface area contributed by atoms with Gasteiger partial charge in [-0.15, -0.1) is 0 Å². The summed E-state index contributed by atoms with van der Waals surface area (Å²) in [4.78, 5) is 16.9. The van der Waals surface area contributed by atoms with Crippen molar-refractivity contribution in [3.8, 4) is 5.75 Å². The predicted molar refractivity (Wildman–Crippen MR) is 105 cm³/mol. The Hall–Kier alpha value is -2.83. The predicted octanol–water partition coefficient (Wildman–Crippen LogP) is 3.75. The first-order valence-electron chi connectivity index (χ1n) is 8.96. The van der Waals surface area contributed by atoms with Gasteiger partial charge in [0.2, 0.25) is 0 Å². The fraction of sp³-hybridized carbons (Fsp3) is 0.238. The maximum atomic E-state index is 12.6. The lowest BCUT2D eigenvalue weighted by atomic mass is 10.1. The smallest absolute Gasteiger partial charge is 0.272 e. The van der Waals surface area contributed by atoms with Gasteiger partial charge in [0.05, 0.1) is 32.3 Å². The first-order valence-corrected chi connectivity index (χ1v) is 9.34. The quantitative estimate of drug-likeness (QED) is 0.712. The Bertz CT molecular complexity index is 985. The molecule has 28 heavy (non-hydrogen) atoms. The van der Waals surface area contributed by atoms with Gasteiger partial charge in [-0.05, 0) is 35.4 Å². The summed E-state index contributed by atoms with van der Waals surface area (Å²) >= 11 is 5.98. The summed E-state index contributed by atoms with van der Waals surface area (Å²) in [5.41, 5.74) is 3.18. The maximum Gasteiger partial charge on any atom is 0.272 e. The number of carbonyl (C=O) groups is 1. The van der Waals surface area contributed by atoms with E-state index in [0.717, 1.165) is 22.6 Å². The number of aromatic nitrogens is 2. The number of nitrogens with zero attached hydrogens (tertiary/aromatic N) is 2. The molecular formula is C21H20ClN3O3. The number of benzene rings is 2. The maximum absolute atomic E-state index is 12.6. The van der Waals surface area contributed by atoms with Crippen LogP contribution in [0, 0.1) is 0 Å². The average Bonchev–Trinajstić information content (AvgIpc) is 3.15. The van der Waals surface area contributed by atoms with Gasteiger partial charge in [0.25, 0.3) is 5.91 Å². The zero-order valence-corrected chi connectivity index (χ0v) is 16.1. The van der Waals surface area contributed by atoms with Crippen molar-refractivity contribution >= 4 is 17.5 Å². The van der Waals surface area contributed by atoms with E-state index in [1.165, 1.54) is 0 Å². The summed E-state index contributed by atoms with van der Waals surface area (Å²) in [7, 11) is 1.64. The summed E-state index contributed by atoms with van der Waals surface area (Å²) < 4.78 is 13.2. The van der Waals surface area contributed by atoms with E-state index in [1.54, 1.807) is 19.5 Å². The molecule has 7 heteroatoms. The molecule has 6 nitrogen and oxygen atoms in total. The minimum Gasteiger partial charge on any atom is -0.497 e. The van der Waals surface area contributed by atoms with Gasteiger partial charge in [-0.1, -0.05) is 35.9 Å². The third-order valence-corrected chi connectivity index (χ3v) is 5.01. The Kier molecular flexibility index (Phi) is 5.32. The molecule has 1 N–H and O–H groups in total. The van der Waals surface area contributed by atoms with Crippen molar-refractivity contribution in [3.63, 3.8) is 0 Å². The number of imidazole rings is 1. The van der Waals surface area contributed by atoms with E-state index in [-0.39, 0.29) is 12.0 Å². The lowest BCUT2D eigenvalue weighted by Gasteiger charge is -2.25. The molecule has 2 heterocycles. The molecule has 1 aromatic heterocycles. The van der Waals surface area contributed by atoms with Crippen molar-refractivity contribution in [2.45, 2.75) is 25.8 Å². The normalized spacial score (nSPS) is 15.7. The van der Waals surface area contributed by atoms with E-state index in [1.807, 2.05) is 47.0 Å². The monoisotopic (exact) mass is 397 g/mol. The van der Waals surface area contributed by atoms with Crippen molar-refractivity contribution in [2.75, 3.05) is 7.11 Å². The van der Waals surface area contributed by atoms with Crippen LogP contribution in [-0.2, 0) is 24.4 Å². The van der Waals surface area contributed by atoms with Gasteiger partial charge in [-0.25, -0.2) is 4.98 Å². The van der Waals surface area contributed by atoms with Gasteiger partial charge in [0, 0.05) is 11.6 Å². The Morgan fingerprint density at radius 2 is 2.14 bits per heavy atom. The van der Waals surface area contributed by atoms with E-state index < -0.39 is 0 Å². The number of methoxy groups -OCH3 is 1. The number of nitrogens with one attached hydrogen (secondary N) is 1. The second-order valence-electron chi connectivity index (χ2n) is 6.58. The SMILES string of the molecule is COc1ccc([C@H]2Cn3cnc(C(=O)NCc4cccc(Cl)c4)c3CO2)cc1. The summed E-state index contributed by atoms with van der Waals surface area (Å²) in [6.07, 6.45) is 1.61. The molecule has 1 amide bonds. The van der Waals surface area contributed by atoms with Crippen LogP contribution in [0.15, 0.2) is 54.9 Å². The number of hydrogen-bond donors (Lipinski definition) is 1. The number of fused-ring (bicyclic) bond motifs is 1. The molecule has 0 fully saturated rings. The summed E-state index contributed by atoms with van der Waals surface area (Å²) in [5.74, 6) is 0.585. The molecule has 3 aromatic rings. The fourth-order valence-electron chi connectivity index (χ4n) is 3.25. The van der Waals surface area contributed by atoms with Crippen LogP contribution in [0.5, 0.6) is 5.75 Å². The third-order valence-electron chi connectivity index (χ3n) is 4.77. The van der Waals surface area contributed by atoms with Gasteiger partial charge >= 0.3 is 0 Å². The molecule has 0 saturated carbocycles. The van der Waals surface area contributed by atoms with E-state index >= 15 is 0 Å². The largest absolute Gasteiger partial charge is 0.497 e. The first kappa shape index (κ1) is 18.5. The number of ether oxygens (including phenoxy) is 2. The summed E-state index contributed by atoms with van der Waals surface area (Å²) in [5, 5.41) is 3.53. The minimum atomic E-state index is -0.222. The molecule has 0 saturated heterocycles. The number of rotatable bonds is 5. The van der Waals surface area contributed by atoms with Crippen molar-refractivity contribution in [1.82, 2.24) is 14.9 Å². The van der Waals surface area contributed by atoms with Crippen LogP contribution in [0.2, 0.25) is 5.02 Å². The topological polar surface area (TPSA) is 65.4 Å². The highest BCUT2D eigenvalue weighted by molar-refractivity contribution is 6.30. The van der Waals surface area contributed by atoms with Gasteiger partial charge < -0.3 is 19.4 Å². The Morgan fingerprint density at radius 1 is 1.32 bits per heavy atom. The molecular weight excluding hydrogens is 378 g/mol. The van der Waals surface area contributed by atoms with Crippen molar-refractivity contribution in [2.24, 2.45) is 0 Å². The van der Waals surface area contributed by atoms with Crippen LogP contribution in [0.25, 0.3) is 0 Å². The van der Waals surface area contributed by atoms with E-state index in [9.17, 15) is 4.79 Å².